The molecule has 0 N–H and O–H groups in total. The fourth-order valence-corrected chi connectivity index (χ4v) is 25.6. The normalized spacial score (nSPS) is 35.8. The first kappa shape index (κ1) is 129. The van der Waals surface area contributed by atoms with Gasteiger partial charge in [0.1, 0.15) is 0 Å². The van der Waals surface area contributed by atoms with E-state index in [1.807, 2.05) is 0 Å². The van der Waals surface area contributed by atoms with Crippen molar-refractivity contribution in [1.82, 2.24) is 0 Å². The Bertz CT molecular complexity index is 2480. The summed E-state index contributed by atoms with van der Waals surface area (Å²) in [5, 5.41) is 0. The van der Waals surface area contributed by atoms with Gasteiger partial charge >= 0.3 is 0 Å². The van der Waals surface area contributed by atoms with Gasteiger partial charge in [0.15, 0.2) is 0 Å². The Kier molecular flexibility index (Phi) is 64.2. The topological polar surface area (TPSA) is 0 Å². The molecule has 0 bridgehead atoms. The number of rotatable bonds is 11. The Morgan fingerprint density at radius 3 is 0.632 bits per heavy atom. The zero-order valence-electron chi connectivity index (χ0n) is 101. The van der Waals surface area contributed by atoms with E-state index in [9.17, 15) is 0 Å². The predicted octanol–water partition coefficient (Wildman–Crippen LogP) is 46.4. The molecular weight excluding hydrogens is 1600 g/mol. The van der Waals surface area contributed by atoms with Gasteiger partial charge in [0.05, 0.1) is 0 Å². The maximum Gasteiger partial charge on any atom is -0.0328 e. The van der Waals surface area contributed by atoms with Gasteiger partial charge in [-0.15, -0.1) is 0 Å². The van der Waals surface area contributed by atoms with Gasteiger partial charge in [0, 0.05) is 0 Å². The molecule has 20 fully saturated rings. The standard InChI is InChI=1S/C7H12.18C7H14/c1-5-4-7(5)6-2-3-6;2*1-6-4-7(2,3)5-6;2*1-6-4-5-7(6,2)3;2*1-5-4-6(2)7(5)3;1-6-3-4-7(2)5-6;1-7(2)5-3-4-6-7;1-6-4-3-5-7(6)2;1-6(2)7-4-3-5-7;2*1-3-7-4-6(2)5-7;2*1-3-7(2)5-4-6-7;2*1-3-7-5-4-6(7)2;1-2-7-5-3-4-6-7;1-2-4-7-5-3-6-7/h5-7H,2-4H2,1H3;4*6H,4-5H2,1-3H3;2*5-7H,4H2,1-3H3;6-7H,3-5H2,1-2H3;3-6H2,1-2H3;4*6-7H,3-5H2,1-2H3;2*3-6H2,1-2H3;2*6-7H,3-5H2,1-2H3;2*7H,2-6H2,1H3/t5-,7?;;;6-;;5-,6?,7?;;6-,7?;;6-,7?;;;;;;6-,7?;;;/m0..0.0.1.1.....0.../s1. The summed E-state index contributed by atoms with van der Waals surface area (Å²) in [5.74, 6) is 30.4. The van der Waals surface area contributed by atoms with Gasteiger partial charge < -0.3 is 0 Å². The molecule has 17 atom stereocenters. The summed E-state index contributed by atoms with van der Waals surface area (Å²) < 4.78 is 0. The zero-order chi connectivity index (χ0) is 101. The van der Waals surface area contributed by atoms with E-state index < -0.39 is 0 Å². The smallest absolute Gasteiger partial charge is 0.0328 e. The van der Waals surface area contributed by atoms with Crippen LogP contribution in [0.25, 0.3) is 0 Å². The molecule has 0 amide bonds. The van der Waals surface area contributed by atoms with E-state index in [0.717, 1.165) is 171 Å². The lowest BCUT2D eigenvalue weighted by Crippen LogP contribution is -2.31. The van der Waals surface area contributed by atoms with Crippen molar-refractivity contribution < 1.29 is 0 Å². The minimum atomic E-state index is 0.681. The third-order valence-electron chi connectivity index (χ3n) is 42.0. The minimum Gasteiger partial charge on any atom is -0.0654 e. The van der Waals surface area contributed by atoms with Gasteiger partial charge in [-0.05, 0) is 376 Å². The van der Waals surface area contributed by atoms with E-state index in [2.05, 4.69) is 284 Å². The Labute approximate surface area is 847 Å². The lowest BCUT2D eigenvalue weighted by molar-refractivity contribution is 0.0891. The fraction of sp³-hybridized carbons (Fsp3) is 1.00. The first-order valence-electron chi connectivity index (χ1n) is 62.1. The van der Waals surface area contributed by atoms with E-state index in [0.29, 0.717) is 27.1 Å². The Morgan fingerprint density at radius 2 is 0.571 bits per heavy atom. The average Bonchev–Trinajstić information content (AvgIpc) is 1.63. The molecule has 0 nitrogen and oxygen atoms in total. The summed E-state index contributed by atoms with van der Waals surface area (Å²) in [6.45, 7) is 95.8. The molecule has 0 heteroatoms. The van der Waals surface area contributed by atoms with Crippen LogP contribution in [0.1, 0.15) is 643 Å². The molecule has 20 saturated carbocycles. The molecule has 0 aromatic heterocycles. The van der Waals surface area contributed by atoms with Crippen LogP contribution in [0.5, 0.6) is 0 Å². The summed E-state index contributed by atoms with van der Waals surface area (Å²) in [6.07, 6.45) is 82.3. The monoisotopic (exact) mass is 1860 g/mol. The highest BCUT2D eigenvalue weighted by Crippen LogP contribution is 2.55. The van der Waals surface area contributed by atoms with Gasteiger partial charge in [0.2, 0.25) is 0 Å². The van der Waals surface area contributed by atoms with Crippen molar-refractivity contribution in [2.24, 2.45) is 210 Å². The summed E-state index contributed by atoms with van der Waals surface area (Å²) in [5.41, 5.74) is 4.97. The van der Waals surface area contributed by atoms with Crippen LogP contribution < -0.4 is 0 Å². The van der Waals surface area contributed by atoms with E-state index >= 15 is 0 Å². The van der Waals surface area contributed by atoms with Crippen molar-refractivity contribution in [1.29, 1.82) is 0 Å². The maximum absolute atomic E-state index is 2.39. The van der Waals surface area contributed by atoms with Crippen molar-refractivity contribution in [2.75, 3.05) is 0 Å². The second-order valence-electron chi connectivity index (χ2n) is 58.1. The van der Waals surface area contributed by atoms with E-state index in [-0.39, 0.29) is 0 Å². The summed E-state index contributed by atoms with van der Waals surface area (Å²) in [7, 11) is 0. The van der Waals surface area contributed by atoms with Crippen molar-refractivity contribution in [3.63, 3.8) is 0 Å². The Morgan fingerprint density at radius 1 is 0.241 bits per heavy atom. The quantitative estimate of drug-likeness (QED) is 0.193. The molecule has 0 aromatic carbocycles. The third kappa shape index (κ3) is 55.2. The highest BCUT2D eigenvalue weighted by atomic mass is 14.5. The fourth-order valence-electron chi connectivity index (χ4n) is 25.6. The van der Waals surface area contributed by atoms with Crippen LogP contribution in [0, 0.1) is 210 Å². The van der Waals surface area contributed by atoms with Crippen LogP contribution >= 0.6 is 0 Å². The highest BCUT2D eigenvalue weighted by Gasteiger charge is 2.45. The van der Waals surface area contributed by atoms with Crippen molar-refractivity contribution >= 4 is 0 Å². The largest absolute Gasteiger partial charge is 0.0654 e. The van der Waals surface area contributed by atoms with Crippen LogP contribution in [-0.2, 0) is 0 Å². The van der Waals surface area contributed by atoms with Crippen LogP contribution in [-0.4, -0.2) is 0 Å². The maximum atomic E-state index is 2.39. The molecule has 0 aliphatic heterocycles. The molecule has 0 heterocycles. The zero-order valence-corrected chi connectivity index (χ0v) is 101. The lowest BCUT2D eigenvalue weighted by Gasteiger charge is -2.42. The first-order chi connectivity index (χ1) is 62.1. The predicted molar refractivity (Wildman–Crippen MR) is 609 cm³/mol. The molecule has 796 valence electrons. The molecule has 20 aliphatic carbocycles. The van der Waals surface area contributed by atoms with Crippen molar-refractivity contribution in [3.8, 4) is 0 Å². The molecule has 20 rings (SSSR count). The summed E-state index contributed by atoms with van der Waals surface area (Å²) in [6, 6.07) is 0. The molecule has 20 aliphatic rings. The molecule has 0 spiro atoms. The molecule has 0 saturated heterocycles. The van der Waals surface area contributed by atoms with Crippen LogP contribution in [0.3, 0.4) is 0 Å². The summed E-state index contributed by atoms with van der Waals surface area (Å²) in [4.78, 5) is 0. The minimum absolute atomic E-state index is 0.681. The van der Waals surface area contributed by atoms with Gasteiger partial charge in [-0.3, -0.25) is 0 Å². The number of hydrogen-bond acceptors (Lipinski definition) is 0. The van der Waals surface area contributed by atoms with Crippen molar-refractivity contribution in [2.45, 2.75) is 643 Å². The Balaban J connectivity index is 0.000000475. The third-order valence-corrected chi connectivity index (χ3v) is 42.0. The highest BCUT2D eigenvalue weighted by molar-refractivity contribution is 4.95. The van der Waals surface area contributed by atoms with Gasteiger partial charge in [-0.25, -0.2) is 0 Å². The van der Waals surface area contributed by atoms with Gasteiger partial charge in [0.25, 0.3) is 0 Å². The van der Waals surface area contributed by atoms with Gasteiger partial charge in [-0.2, -0.15) is 0 Å². The van der Waals surface area contributed by atoms with Crippen LogP contribution in [0.15, 0.2) is 0 Å². The molecular formula is C133H264. The Hall–Kier alpha value is 0. The van der Waals surface area contributed by atoms with E-state index in [1.165, 1.54) is 352 Å². The lowest BCUT2D eigenvalue weighted by atomic mass is 9.64. The summed E-state index contributed by atoms with van der Waals surface area (Å²) >= 11 is 0. The first-order valence-corrected chi connectivity index (χ1v) is 62.1. The molecule has 11 unspecified atom stereocenters. The molecule has 133 heavy (non-hydrogen) atoms. The van der Waals surface area contributed by atoms with E-state index in [4.69, 9.17) is 0 Å². The average molecular weight is 1860 g/mol. The SMILES string of the molecule is CC(C)C1CCC1.CC1(C)CCCC1.CC1CC(C)(C)C1.CC1CC(C)(C)C1.CC1CC(C)C1C.CC1CCC1(C)C.CC1CCC[C@H]1C.CC1CC[C@@H](C)C1.CC1C[C@H](C)C1C.CCC1(C)CCC1.CCC1(C)CCC1.CCC1CC(C)C1.CCC1CC(C)C1.CCC1CCC1C.CCC1CCCC1.CCC1CC[C@@H]1C.CCCC1CCC1.C[C@H]1CC1C1CC1.C[C@H]1CCC1(C)C. The second kappa shape index (κ2) is 66.2. The van der Waals surface area contributed by atoms with Crippen LogP contribution in [0.4, 0.5) is 0 Å². The van der Waals surface area contributed by atoms with Gasteiger partial charge in [-0.1, -0.05) is 476 Å². The van der Waals surface area contributed by atoms with E-state index in [1.54, 1.807) is 19.3 Å². The molecule has 0 radical (unpaired) electrons. The number of hydrogen-bond donors (Lipinski definition) is 0. The van der Waals surface area contributed by atoms with Crippen molar-refractivity contribution in [3.05, 3.63) is 0 Å². The molecule has 0 aromatic rings. The van der Waals surface area contributed by atoms with Crippen LogP contribution in [0.2, 0.25) is 0 Å². The second-order valence-corrected chi connectivity index (χ2v) is 58.1.